The fourth-order valence-electron chi connectivity index (χ4n) is 5.59. The van der Waals surface area contributed by atoms with E-state index in [9.17, 15) is 14.7 Å². The third kappa shape index (κ3) is 4.49. The van der Waals surface area contributed by atoms with Gasteiger partial charge in [0.15, 0.2) is 17.6 Å². The molecular formula is C26H30N2O6. The zero-order chi connectivity index (χ0) is 23.7. The van der Waals surface area contributed by atoms with Crippen molar-refractivity contribution in [1.82, 2.24) is 9.80 Å². The first kappa shape index (κ1) is 22.4. The number of carboxylic acid groups (broad SMARTS) is 1. The Kier molecular flexibility index (Phi) is 6.22. The Morgan fingerprint density at radius 1 is 1.03 bits per heavy atom. The molecule has 2 fully saturated rings. The minimum atomic E-state index is -0.952. The van der Waals surface area contributed by atoms with Gasteiger partial charge in [0, 0.05) is 24.2 Å². The maximum Gasteiger partial charge on any atom is 0.407 e. The van der Waals surface area contributed by atoms with Gasteiger partial charge in [-0.15, -0.1) is 0 Å². The van der Waals surface area contributed by atoms with Crippen molar-refractivity contribution >= 4 is 12.0 Å². The number of benzene rings is 2. The van der Waals surface area contributed by atoms with Crippen LogP contribution < -0.4 is 14.2 Å². The van der Waals surface area contributed by atoms with Crippen molar-refractivity contribution in [2.24, 2.45) is 5.92 Å². The lowest BCUT2D eigenvalue weighted by Gasteiger charge is -2.40. The second kappa shape index (κ2) is 9.44. The molecule has 0 saturated carbocycles. The van der Waals surface area contributed by atoms with Crippen LogP contribution in [0.1, 0.15) is 36.0 Å². The van der Waals surface area contributed by atoms with Crippen molar-refractivity contribution in [2.75, 3.05) is 26.8 Å². The standard InChI is InChI=1S/C26H30N2O6/c1-32-21-10-6-18(7-11-21)25(29)28-19-8-9-20(28)13-17(12-19)14-27(26(30)31)15-22-16-33-23-4-2-3-5-24(23)34-22/h2-7,10-11,17,19-20,22H,8-9,12-16H2,1H3,(H,30,31). The van der Waals surface area contributed by atoms with Crippen molar-refractivity contribution in [1.29, 1.82) is 0 Å². The van der Waals surface area contributed by atoms with E-state index >= 15 is 0 Å². The predicted octanol–water partition coefficient (Wildman–Crippen LogP) is 3.90. The van der Waals surface area contributed by atoms with Crippen LogP contribution in [-0.4, -0.2) is 71.9 Å². The minimum Gasteiger partial charge on any atom is -0.497 e. The number of carbonyl (C=O) groups excluding carboxylic acids is 1. The molecule has 3 unspecified atom stereocenters. The molecule has 2 amide bonds. The molecule has 2 aromatic rings. The summed E-state index contributed by atoms with van der Waals surface area (Å²) in [7, 11) is 1.61. The molecule has 34 heavy (non-hydrogen) atoms. The summed E-state index contributed by atoms with van der Waals surface area (Å²) in [4.78, 5) is 28.7. The topological polar surface area (TPSA) is 88.5 Å². The summed E-state index contributed by atoms with van der Waals surface area (Å²) in [5.41, 5.74) is 0.665. The lowest BCUT2D eigenvalue weighted by Crippen LogP contribution is -2.50. The molecular weight excluding hydrogens is 436 g/mol. The van der Waals surface area contributed by atoms with Gasteiger partial charge in [0.1, 0.15) is 12.4 Å². The number of rotatable bonds is 6. The Balaban J connectivity index is 1.21. The van der Waals surface area contributed by atoms with Crippen molar-refractivity contribution < 1.29 is 28.9 Å². The average Bonchev–Trinajstić information content (AvgIpc) is 3.13. The summed E-state index contributed by atoms with van der Waals surface area (Å²) in [6.07, 6.45) is 2.25. The molecule has 1 N–H and O–H groups in total. The number of nitrogens with zero attached hydrogens (tertiary/aromatic N) is 2. The smallest absolute Gasteiger partial charge is 0.407 e. The lowest BCUT2D eigenvalue weighted by molar-refractivity contribution is 0.0359. The number of methoxy groups -OCH3 is 1. The zero-order valence-electron chi connectivity index (χ0n) is 19.3. The number of hydrogen-bond acceptors (Lipinski definition) is 5. The molecule has 0 spiro atoms. The van der Waals surface area contributed by atoms with E-state index in [1.807, 2.05) is 53.4 Å². The molecule has 3 aliphatic rings. The van der Waals surface area contributed by atoms with E-state index in [1.54, 1.807) is 7.11 Å². The van der Waals surface area contributed by atoms with E-state index in [0.29, 0.717) is 30.2 Å². The SMILES string of the molecule is COc1ccc(C(=O)N2C3CCC2CC(CN(CC2COc4ccccc4O2)C(=O)O)C3)cc1. The molecule has 180 valence electrons. The van der Waals surface area contributed by atoms with E-state index in [1.165, 1.54) is 4.90 Å². The molecule has 3 heterocycles. The predicted molar refractivity (Wildman–Crippen MR) is 125 cm³/mol. The minimum absolute atomic E-state index is 0.0510. The van der Waals surface area contributed by atoms with Crippen molar-refractivity contribution in [2.45, 2.75) is 43.9 Å². The van der Waals surface area contributed by atoms with Gasteiger partial charge in [-0.25, -0.2) is 4.79 Å². The van der Waals surface area contributed by atoms with E-state index < -0.39 is 6.09 Å². The normalized spacial score (nSPS) is 25.0. The first-order valence-corrected chi connectivity index (χ1v) is 11.8. The first-order valence-electron chi connectivity index (χ1n) is 11.8. The number of carbonyl (C=O) groups is 2. The number of ether oxygens (including phenoxy) is 3. The molecule has 5 rings (SSSR count). The highest BCUT2D eigenvalue weighted by Gasteiger charge is 2.44. The van der Waals surface area contributed by atoms with Gasteiger partial charge in [-0.05, 0) is 68.0 Å². The number of fused-ring (bicyclic) bond motifs is 3. The third-order valence-electron chi connectivity index (χ3n) is 7.14. The number of hydrogen-bond donors (Lipinski definition) is 1. The lowest BCUT2D eigenvalue weighted by atomic mass is 9.89. The Morgan fingerprint density at radius 2 is 1.71 bits per heavy atom. The van der Waals surface area contributed by atoms with Crippen LogP contribution in [0.5, 0.6) is 17.2 Å². The van der Waals surface area contributed by atoms with Crippen LogP contribution in [0.2, 0.25) is 0 Å². The Morgan fingerprint density at radius 3 is 2.35 bits per heavy atom. The molecule has 0 aromatic heterocycles. The van der Waals surface area contributed by atoms with Crippen molar-refractivity contribution in [3.05, 3.63) is 54.1 Å². The third-order valence-corrected chi connectivity index (χ3v) is 7.14. The average molecular weight is 467 g/mol. The Labute approximate surface area is 199 Å². The van der Waals surface area contributed by atoms with Crippen LogP contribution >= 0.6 is 0 Å². The second-order valence-corrected chi connectivity index (χ2v) is 9.35. The highest BCUT2D eigenvalue weighted by Crippen LogP contribution is 2.40. The molecule has 8 heteroatoms. The van der Waals surface area contributed by atoms with Gasteiger partial charge in [0.2, 0.25) is 0 Å². The second-order valence-electron chi connectivity index (χ2n) is 9.35. The fourth-order valence-corrected chi connectivity index (χ4v) is 5.59. The van der Waals surface area contributed by atoms with E-state index in [4.69, 9.17) is 14.2 Å². The van der Waals surface area contributed by atoms with Crippen LogP contribution in [0.15, 0.2) is 48.5 Å². The maximum absolute atomic E-state index is 13.2. The molecule has 2 aromatic carbocycles. The van der Waals surface area contributed by atoms with Gasteiger partial charge in [0.05, 0.1) is 13.7 Å². The van der Waals surface area contributed by atoms with Crippen LogP contribution in [0.25, 0.3) is 0 Å². The zero-order valence-corrected chi connectivity index (χ0v) is 19.3. The van der Waals surface area contributed by atoms with Crippen molar-refractivity contribution in [3.63, 3.8) is 0 Å². The summed E-state index contributed by atoms with van der Waals surface area (Å²) in [5.74, 6) is 2.32. The molecule has 2 bridgehead atoms. The van der Waals surface area contributed by atoms with Gasteiger partial charge in [-0.1, -0.05) is 12.1 Å². The Bertz CT molecular complexity index is 1030. The van der Waals surface area contributed by atoms with E-state index in [0.717, 1.165) is 31.4 Å². The van der Waals surface area contributed by atoms with Gasteiger partial charge in [-0.2, -0.15) is 0 Å². The number of para-hydroxylation sites is 2. The number of amides is 2. The van der Waals surface area contributed by atoms with Crippen LogP contribution in [0.4, 0.5) is 4.79 Å². The van der Waals surface area contributed by atoms with E-state index in [2.05, 4.69) is 0 Å². The quantitative estimate of drug-likeness (QED) is 0.695. The summed E-state index contributed by atoms with van der Waals surface area (Å²) in [5, 5.41) is 9.86. The molecule has 0 aliphatic carbocycles. The van der Waals surface area contributed by atoms with Crippen molar-refractivity contribution in [3.8, 4) is 17.2 Å². The highest BCUT2D eigenvalue weighted by molar-refractivity contribution is 5.95. The molecule has 8 nitrogen and oxygen atoms in total. The molecule has 2 saturated heterocycles. The van der Waals surface area contributed by atoms with Gasteiger partial charge in [0.25, 0.3) is 5.91 Å². The first-order chi connectivity index (χ1) is 16.5. The molecule has 0 radical (unpaired) electrons. The van der Waals surface area contributed by atoms with E-state index in [-0.39, 0.29) is 36.6 Å². The summed E-state index contributed by atoms with van der Waals surface area (Å²) in [6.45, 7) is 1.01. The van der Waals surface area contributed by atoms with Crippen LogP contribution in [-0.2, 0) is 0 Å². The largest absolute Gasteiger partial charge is 0.497 e. The van der Waals surface area contributed by atoms with Crippen LogP contribution in [0.3, 0.4) is 0 Å². The maximum atomic E-state index is 13.2. The number of piperidine rings is 1. The summed E-state index contributed by atoms with van der Waals surface area (Å²) in [6, 6.07) is 15.0. The fraction of sp³-hybridized carbons (Fsp3) is 0.462. The molecule has 3 atom stereocenters. The van der Waals surface area contributed by atoms with Gasteiger partial charge >= 0.3 is 6.09 Å². The van der Waals surface area contributed by atoms with Gasteiger partial charge in [-0.3, -0.25) is 4.79 Å². The Hall–Kier alpha value is -3.42. The highest BCUT2D eigenvalue weighted by atomic mass is 16.6. The molecule has 3 aliphatic heterocycles. The van der Waals surface area contributed by atoms with Gasteiger partial charge < -0.3 is 29.1 Å². The summed E-state index contributed by atoms with van der Waals surface area (Å²) < 4.78 is 16.9. The monoisotopic (exact) mass is 466 g/mol. The summed E-state index contributed by atoms with van der Waals surface area (Å²) >= 11 is 0. The van der Waals surface area contributed by atoms with Crippen LogP contribution in [0, 0.1) is 5.92 Å².